The zero-order valence-corrected chi connectivity index (χ0v) is 42.8. The smallest absolute Gasteiger partial charge is 0.273 e. The Balaban J connectivity index is 1.27. The van der Waals surface area contributed by atoms with Crippen molar-refractivity contribution in [1.29, 1.82) is 0 Å². The monoisotopic (exact) mass is 1010 g/mol. The number of hydrogen-bond donors (Lipinski definition) is 2. The average molecular weight is 1010 g/mol. The second-order valence-corrected chi connectivity index (χ2v) is 20.3. The lowest BCUT2D eigenvalue weighted by Gasteiger charge is -2.60. The van der Waals surface area contributed by atoms with Crippen LogP contribution in [0.2, 0.25) is 0 Å². The first-order valence-electron chi connectivity index (χ1n) is 27.2. The fourth-order valence-corrected chi connectivity index (χ4v) is 11.8. The Kier molecular flexibility index (Phi) is 19.6. The number of oxime groups is 1. The van der Waals surface area contributed by atoms with Crippen LogP contribution in [0.1, 0.15) is 152 Å². The van der Waals surface area contributed by atoms with Crippen LogP contribution < -0.4 is 18.9 Å². The Hall–Kier alpha value is -5.48. The molecule has 2 aliphatic carbocycles. The normalized spacial score (nSPS) is 24.2. The molecule has 0 bridgehead atoms. The highest BCUT2D eigenvalue weighted by atomic mass is 16.8. The molecule has 5 aliphatic rings. The summed E-state index contributed by atoms with van der Waals surface area (Å²) in [5.41, 5.74) is 3.25. The van der Waals surface area contributed by atoms with E-state index < -0.39 is 29.0 Å². The molecule has 3 aromatic carbocycles. The first-order valence-corrected chi connectivity index (χ1v) is 27.2. The zero-order valence-electron chi connectivity index (χ0n) is 42.8. The van der Waals surface area contributed by atoms with Gasteiger partial charge in [0.15, 0.2) is 11.5 Å². The van der Waals surface area contributed by atoms with E-state index in [1.807, 2.05) is 35.2 Å². The molecule has 1 unspecified atom stereocenters. The van der Waals surface area contributed by atoms with Crippen LogP contribution in [0.4, 0.5) is 5.69 Å². The minimum atomic E-state index is -1.48. The number of ether oxygens (including phenoxy) is 6. The summed E-state index contributed by atoms with van der Waals surface area (Å²) in [6.07, 6.45) is 21.1. The highest BCUT2D eigenvalue weighted by Crippen LogP contribution is 2.62. The van der Waals surface area contributed by atoms with Gasteiger partial charge in [-0.3, -0.25) is 14.9 Å². The molecule has 2 fully saturated rings. The number of nitro benzene ring substituents is 1. The minimum Gasteiger partial charge on any atom is -0.459 e. The van der Waals surface area contributed by atoms with Gasteiger partial charge in [0.25, 0.3) is 5.69 Å². The van der Waals surface area contributed by atoms with Crippen LogP contribution in [-0.2, 0) is 25.7 Å². The second kappa shape index (κ2) is 26.6. The van der Waals surface area contributed by atoms with E-state index in [2.05, 4.69) is 19.6 Å². The third-order valence-corrected chi connectivity index (χ3v) is 15.3. The summed E-state index contributed by atoms with van der Waals surface area (Å²) in [4.78, 5) is 35.1. The fourth-order valence-electron chi connectivity index (χ4n) is 11.8. The number of benzene rings is 3. The minimum absolute atomic E-state index is 0.0107. The Morgan fingerprint density at radius 2 is 1.64 bits per heavy atom. The number of hydrogen-bond acceptors (Lipinski definition) is 13. The molecule has 3 aliphatic heterocycles. The molecule has 2 N–H and O–H groups in total. The van der Waals surface area contributed by atoms with E-state index in [4.69, 9.17) is 38.4 Å². The molecule has 1 amide bonds. The first kappa shape index (κ1) is 53.8. The summed E-state index contributed by atoms with van der Waals surface area (Å²) in [5, 5.41) is 37.0. The molecule has 1 saturated carbocycles. The van der Waals surface area contributed by atoms with E-state index in [0.29, 0.717) is 66.7 Å². The number of non-ortho nitro benzene ring substituents is 1. The molecule has 0 aromatic heterocycles. The number of aliphatic hydroxyl groups is 2. The molecule has 15 nitrogen and oxygen atoms in total. The summed E-state index contributed by atoms with van der Waals surface area (Å²) in [6, 6.07) is 16.9. The van der Waals surface area contributed by atoms with E-state index in [1.165, 1.54) is 44.2 Å². The van der Waals surface area contributed by atoms with Crippen LogP contribution in [-0.4, -0.2) is 83.0 Å². The van der Waals surface area contributed by atoms with E-state index in [9.17, 15) is 20.3 Å². The molecule has 3 aromatic rings. The number of nitro groups is 1. The predicted molar refractivity (Wildman–Crippen MR) is 278 cm³/mol. The van der Waals surface area contributed by atoms with Gasteiger partial charge in [-0.05, 0) is 104 Å². The first-order chi connectivity index (χ1) is 35.8. The Bertz CT molecular complexity index is 2370. The Morgan fingerprint density at radius 1 is 0.890 bits per heavy atom. The summed E-state index contributed by atoms with van der Waals surface area (Å²) >= 11 is 0. The van der Waals surface area contributed by atoms with Crippen molar-refractivity contribution in [1.82, 2.24) is 4.90 Å². The van der Waals surface area contributed by atoms with Crippen LogP contribution in [0.5, 0.6) is 28.7 Å². The zero-order chi connectivity index (χ0) is 51.0. The van der Waals surface area contributed by atoms with Crippen molar-refractivity contribution in [3.8, 4) is 28.7 Å². The largest absolute Gasteiger partial charge is 0.459 e. The highest BCUT2D eigenvalue weighted by molar-refractivity contribution is 6.03. The summed E-state index contributed by atoms with van der Waals surface area (Å²) in [7, 11) is 0. The topological polar surface area (TPSA) is 181 Å². The van der Waals surface area contributed by atoms with E-state index in [0.717, 1.165) is 80.9 Å². The number of fused-ring (bicyclic) bond motifs is 3. The average Bonchev–Trinajstić information content (AvgIpc) is 3.88. The molecule has 8 rings (SSSR count). The lowest BCUT2D eigenvalue weighted by molar-refractivity contribution is -0.384. The van der Waals surface area contributed by atoms with Gasteiger partial charge < -0.3 is 48.4 Å². The summed E-state index contributed by atoms with van der Waals surface area (Å²) < 4.78 is 38.9. The van der Waals surface area contributed by atoms with Crippen molar-refractivity contribution in [2.75, 3.05) is 33.2 Å². The van der Waals surface area contributed by atoms with Gasteiger partial charge in [0.2, 0.25) is 24.8 Å². The molecule has 15 heteroatoms. The molecule has 396 valence electrons. The van der Waals surface area contributed by atoms with Crippen LogP contribution >= 0.6 is 0 Å². The number of aliphatic hydroxyl groups excluding tert-OH is 2. The van der Waals surface area contributed by atoms with Crippen LogP contribution in [0.3, 0.4) is 0 Å². The van der Waals surface area contributed by atoms with E-state index in [-0.39, 0.29) is 68.9 Å². The van der Waals surface area contributed by atoms with Crippen molar-refractivity contribution < 1.29 is 53.2 Å². The fraction of sp³-hybridized carbons (Fsp3) is 0.586. The third kappa shape index (κ3) is 13.3. The number of allylic oxidation sites excluding steroid dienone is 1. The van der Waals surface area contributed by atoms with Crippen molar-refractivity contribution >= 4 is 17.3 Å². The Labute approximate surface area is 431 Å². The van der Waals surface area contributed by atoms with Crippen molar-refractivity contribution in [2.24, 2.45) is 22.9 Å². The van der Waals surface area contributed by atoms with Gasteiger partial charge in [-0.1, -0.05) is 101 Å². The van der Waals surface area contributed by atoms with Crippen LogP contribution in [0.15, 0.2) is 90.1 Å². The standard InChI is InChI=1S/C58H77N3O12/c1-3-5-6-7-8-9-10-11-12-24-54(64)60(39-41-26-28-51-52(34-41)69-40-68-51)53-38-49(59-73-55-25-15-18-33-67-55)47-35-42(20-13-16-30-62)46(23-14-17-31-63)56-48-37-45(71-44-22-19-21-43(36-44)61(65)66)27-29-50(48)72-58(53,57(47)56)70-32-4-2/h4,19,21-22,26-29,34-37,42,46,53,55-57,62-63H,2-3,5-18,20,23-25,30-33,38-40H2,1H3/t42-,46+,53-,55?,56+,57+,58+/m0/s1. The number of unbranched alkanes of at least 4 members (excludes halogenated alkanes) is 10. The second-order valence-electron chi connectivity index (χ2n) is 20.3. The van der Waals surface area contributed by atoms with Crippen molar-refractivity contribution in [3.05, 3.63) is 106 Å². The Morgan fingerprint density at radius 3 is 2.40 bits per heavy atom. The maximum Gasteiger partial charge on any atom is 0.273 e. The maximum atomic E-state index is 15.4. The van der Waals surface area contributed by atoms with Gasteiger partial charge in [-0.15, -0.1) is 6.58 Å². The van der Waals surface area contributed by atoms with Crippen LogP contribution in [0.25, 0.3) is 0 Å². The molecule has 73 heavy (non-hydrogen) atoms. The predicted octanol–water partition coefficient (Wildman–Crippen LogP) is 12.2. The van der Waals surface area contributed by atoms with E-state index >= 15 is 4.79 Å². The number of rotatable bonds is 29. The summed E-state index contributed by atoms with van der Waals surface area (Å²) in [5.74, 6) is 0.269. The van der Waals surface area contributed by atoms with Gasteiger partial charge in [-0.25, -0.2) is 0 Å². The maximum absolute atomic E-state index is 15.4. The molecule has 0 radical (unpaired) electrons. The lowest BCUT2D eigenvalue weighted by atomic mass is 9.55. The number of carbonyl (C=O) groups excluding carboxylic acids is 1. The van der Waals surface area contributed by atoms with E-state index in [1.54, 1.807) is 24.3 Å². The van der Waals surface area contributed by atoms with Gasteiger partial charge in [0.05, 0.1) is 35.8 Å². The number of carbonyl (C=O) groups is 1. The quantitative estimate of drug-likeness (QED) is 0.0291. The number of nitrogens with zero attached hydrogens (tertiary/aromatic N) is 3. The SMILES string of the molecule is C=CCO[C@@]12Oc3ccc(Oc4cccc([N+](=O)[O-])c4)cc3[C@H]3[C@H](CCCCO)[C@@H](CCCCO)C=C(C(=NOC4CCCCO4)C[C@@H]1N(Cc1ccc4c(c1)OCO4)C(=O)CCCCCCCCCCC)[C@H]32. The highest BCUT2D eigenvalue weighted by Gasteiger charge is 2.65. The van der Waals surface area contributed by atoms with Gasteiger partial charge in [-0.2, -0.15) is 0 Å². The van der Waals surface area contributed by atoms with Crippen molar-refractivity contribution in [3.63, 3.8) is 0 Å². The molecular weight excluding hydrogens is 931 g/mol. The molecule has 0 spiro atoms. The molecule has 7 atom stereocenters. The molecule has 1 saturated heterocycles. The van der Waals surface area contributed by atoms with Gasteiger partial charge in [0.1, 0.15) is 23.3 Å². The molecular formula is C58H77N3O12. The van der Waals surface area contributed by atoms with Gasteiger partial charge >= 0.3 is 0 Å². The summed E-state index contributed by atoms with van der Waals surface area (Å²) in [6.45, 7) is 7.52. The third-order valence-electron chi connectivity index (χ3n) is 15.3. The number of amides is 1. The van der Waals surface area contributed by atoms with Crippen molar-refractivity contribution in [2.45, 2.75) is 166 Å². The lowest BCUT2D eigenvalue weighted by Crippen LogP contribution is -2.70. The van der Waals surface area contributed by atoms with Gasteiger partial charge in [0, 0.05) is 56.6 Å². The molecule has 3 heterocycles. The van der Waals surface area contributed by atoms with Crippen LogP contribution in [0, 0.1) is 27.9 Å².